The number of hydrogen-bond donors (Lipinski definition) is 0. The van der Waals surface area contributed by atoms with E-state index in [0.29, 0.717) is 36.5 Å². The Morgan fingerprint density at radius 3 is 2.60 bits per heavy atom. The molecule has 1 aliphatic carbocycles. The smallest absolute Gasteiger partial charge is 0.243 e. The molecule has 30 heavy (non-hydrogen) atoms. The van der Waals surface area contributed by atoms with Crippen molar-refractivity contribution in [2.24, 2.45) is 11.3 Å². The number of piperidine rings is 1. The largest absolute Gasteiger partial charge is 0.339 e. The quantitative estimate of drug-likeness (QED) is 0.703. The first-order chi connectivity index (χ1) is 14.3. The van der Waals surface area contributed by atoms with Crippen LogP contribution in [0.3, 0.4) is 0 Å². The molecule has 3 fully saturated rings. The van der Waals surface area contributed by atoms with Crippen molar-refractivity contribution in [1.29, 1.82) is 5.26 Å². The molecule has 6 nitrogen and oxygen atoms in total. The summed E-state index contributed by atoms with van der Waals surface area (Å²) >= 11 is 6.16. The molecule has 0 N–H and O–H groups in total. The number of carbonyl (C=O) groups is 1. The van der Waals surface area contributed by atoms with E-state index in [1.165, 1.54) is 4.31 Å². The van der Waals surface area contributed by atoms with Crippen molar-refractivity contribution in [3.05, 3.63) is 28.8 Å². The molecular formula is C22H28ClN3O3S. The fourth-order valence-electron chi connectivity index (χ4n) is 5.39. The maximum Gasteiger partial charge on any atom is 0.243 e. The molecule has 0 bridgehead atoms. The van der Waals surface area contributed by atoms with E-state index in [1.807, 2.05) is 4.90 Å². The second kappa shape index (κ2) is 8.14. The van der Waals surface area contributed by atoms with E-state index in [-0.39, 0.29) is 29.3 Å². The molecular weight excluding hydrogens is 422 g/mol. The minimum Gasteiger partial charge on any atom is -0.339 e. The van der Waals surface area contributed by atoms with Crippen molar-refractivity contribution < 1.29 is 13.2 Å². The Bertz CT molecular complexity index is 982. The highest BCUT2D eigenvalue weighted by Gasteiger charge is 2.52. The van der Waals surface area contributed by atoms with E-state index in [2.05, 4.69) is 6.07 Å². The molecule has 1 aromatic carbocycles. The van der Waals surface area contributed by atoms with Crippen LogP contribution in [0.25, 0.3) is 0 Å². The lowest BCUT2D eigenvalue weighted by atomic mass is 9.79. The monoisotopic (exact) mass is 449 g/mol. The van der Waals surface area contributed by atoms with Gasteiger partial charge in [-0.3, -0.25) is 4.79 Å². The number of rotatable bonds is 3. The molecule has 1 amide bonds. The van der Waals surface area contributed by atoms with Crippen LogP contribution < -0.4 is 0 Å². The molecule has 162 valence electrons. The highest BCUT2D eigenvalue weighted by atomic mass is 35.5. The van der Waals surface area contributed by atoms with Crippen LogP contribution >= 0.6 is 11.6 Å². The van der Waals surface area contributed by atoms with Gasteiger partial charge in [-0.1, -0.05) is 17.7 Å². The van der Waals surface area contributed by atoms with Gasteiger partial charge in [0, 0.05) is 36.6 Å². The number of nitrogens with zero attached hydrogens (tertiary/aromatic N) is 3. The normalized spacial score (nSPS) is 30.6. The number of hydrogen-bond acceptors (Lipinski definition) is 4. The standard InChI is InChI=1S/C22H28ClN3O3S/c1-16-19(23)4-2-5-20(16)30(28,29)25-12-3-10-22(15-25)11-13-26(21(22)27)18-8-6-17(14-24)7-9-18/h2,4-5,17-18H,3,6-13,15H2,1H3/t17-,18+,22?. The van der Waals surface area contributed by atoms with Crippen LogP contribution in [-0.4, -0.2) is 49.2 Å². The third-order valence-corrected chi connectivity index (χ3v) is 9.64. The van der Waals surface area contributed by atoms with Gasteiger partial charge in [-0.25, -0.2) is 8.42 Å². The third-order valence-electron chi connectivity index (χ3n) is 7.24. The minimum atomic E-state index is -3.71. The van der Waals surface area contributed by atoms with Crippen LogP contribution in [0.1, 0.15) is 50.5 Å². The van der Waals surface area contributed by atoms with Gasteiger partial charge >= 0.3 is 0 Å². The van der Waals surface area contributed by atoms with Crippen molar-refractivity contribution in [2.75, 3.05) is 19.6 Å². The fourth-order valence-corrected chi connectivity index (χ4v) is 7.43. The number of halogens is 1. The molecule has 1 spiro atoms. The van der Waals surface area contributed by atoms with E-state index >= 15 is 0 Å². The molecule has 2 saturated heterocycles. The first kappa shape index (κ1) is 21.6. The van der Waals surface area contributed by atoms with Crippen LogP contribution in [0.4, 0.5) is 0 Å². The number of likely N-dealkylation sites (tertiary alicyclic amines) is 1. The number of amides is 1. The fraction of sp³-hybridized carbons (Fsp3) is 0.636. The van der Waals surface area contributed by atoms with Crippen molar-refractivity contribution in [2.45, 2.75) is 62.8 Å². The van der Waals surface area contributed by atoms with Crippen LogP contribution in [0.2, 0.25) is 5.02 Å². The Hall–Kier alpha value is -1.62. The van der Waals surface area contributed by atoms with E-state index < -0.39 is 15.4 Å². The van der Waals surface area contributed by atoms with Crippen molar-refractivity contribution >= 4 is 27.5 Å². The van der Waals surface area contributed by atoms with Gasteiger partial charge in [0.25, 0.3) is 0 Å². The first-order valence-electron chi connectivity index (χ1n) is 10.7. The Kier molecular flexibility index (Phi) is 5.86. The molecule has 4 rings (SSSR count). The molecule has 1 atom stereocenters. The average molecular weight is 450 g/mol. The minimum absolute atomic E-state index is 0.101. The van der Waals surface area contributed by atoms with Gasteiger partial charge in [0.2, 0.25) is 15.9 Å². The summed E-state index contributed by atoms with van der Waals surface area (Å²) < 4.78 is 28.2. The lowest BCUT2D eigenvalue weighted by molar-refractivity contribution is -0.140. The summed E-state index contributed by atoms with van der Waals surface area (Å²) in [7, 11) is -3.71. The van der Waals surface area contributed by atoms with E-state index in [1.54, 1.807) is 25.1 Å². The third kappa shape index (κ3) is 3.63. The van der Waals surface area contributed by atoms with Crippen LogP contribution in [0.5, 0.6) is 0 Å². The molecule has 1 unspecified atom stereocenters. The van der Waals surface area contributed by atoms with Gasteiger partial charge in [0.15, 0.2) is 0 Å². The Balaban J connectivity index is 1.53. The van der Waals surface area contributed by atoms with Gasteiger partial charge in [-0.05, 0) is 69.6 Å². The topological polar surface area (TPSA) is 81.5 Å². The van der Waals surface area contributed by atoms with E-state index in [0.717, 1.165) is 32.1 Å². The van der Waals surface area contributed by atoms with Crippen molar-refractivity contribution in [3.8, 4) is 6.07 Å². The van der Waals surface area contributed by atoms with Gasteiger partial charge < -0.3 is 4.90 Å². The van der Waals surface area contributed by atoms with Gasteiger partial charge in [-0.15, -0.1) is 0 Å². The predicted octanol–water partition coefficient (Wildman–Crippen LogP) is 3.73. The van der Waals surface area contributed by atoms with E-state index in [9.17, 15) is 13.2 Å². The number of carbonyl (C=O) groups excluding carboxylic acids is 1. The first-order valence-corrected chi connectivity index (χ1v) is 12.6. The van der Waals surface area contributed by atoms with Crippen LogP contribution in [0.15, 0.2) is 23.1 Å². The summed E-state index contributed by atoms with van der Waals surface area (Å²) in [6.07, 6.45) is 5.52. The summed E-state index contributed by atoms with van der Waals surface area (Å²) in [6.45, 7) is 3.07. The molecule has 0 aromatic heterocycles. The second-order valence-corrected chi connectivity index (χ2v) is 11.3. The molecule has 0 radical (unpaired) electrons. The molecule has 8 heteroatoms. The molecule has 2 heterocycles. The highest BCUT2D eigenvalue weighted by Crippen LogP contribution is 2.44. The summed E-state index contributed by atoms with van der Waals surface area (Å²) in [5.41, 5.74) is -0.0726. The van der Waals surface area contributed by atoms with Crippen molar-refractivity contribution in [3.63, 3.8) is 0 Å². The molecule has 2 aliphatic heterocycles. The Morgan fingerprint density at radius 2 is 1.90 bits per heavy atom. The SMILES string of the molecule is Cc1c(Cl)cccc1S(=O)(=O)N1CCCC2(CCN([C@H]3CC[C@@H](C#N)CC3)C2=O)C1. The zero-order valence-corrected chi connectivity index (χ0v) is 18.9. The number of benzene rings is 1. The highest BCUT2D eigenvalue weighted by molar-refractivity contribution is 7.89. The van der Waals surface area contributed by atoms with Crippen LogP contribution in [-0.2, 0) is 14.8 Å². The lowest BCUT2D eigenvalue weighted by Crippen LogP contribution is -2.51. The molecule has 1 saturated carbocycles. The lowest BCUT2D eigenvalue weighted by Gasteiger charge is -2.40. The zero-order valence-electron chi connectivity index (χ0n) is 17.3. The maximum absolute atomic E-state index is 13.5. The zero-order chi connectivity index (χ0) is 21.5. The summed E-state index contributed by atoms with van der Waals surface area (Å²) in [5.74, 6) is 0.204. The molecule has 3 aliphatic rings. The van der Waals surface area contributed by atoms with Crippen molar-refractivity contribution in [1.82, 2.24) is 9.21 Å². The number of sulfonamides is 1. The predicted molar refractivity (Wildman–Crippen MR) is 114 cm³/mol. The second-order valence-electron chi connectivity index (χ2n) is 8.97. The summed E-state index contributed by atoms with van der Waals surface area (Å²) in [5, 5.41) is 9.56. The van der Waals surface area contributed by atoms with E-state index in [4.69, 9.17) is 16.9 Å². The van der Waals surface area contributed by atoms with Gasteiger partial charge in [-0.2, -0.15) is 9.57 Å². The van der Waals surface area contributed by atoms with Crippen LogP contribution in [0, 0.1) is 29.6 Å². The Morgan fingerprint density at radius 1 is 1.17 bits per heavy atom. The average Bonchev–Trinajstić information content (AvgIpc) is 3.05. The maximum atomic E-state index is 13.5. The number of nitriles is 1. The van der Waals surface area contributed by atoms with Gasteiger partial charge in [0.1, 0.15) is 0 Å². The molecule has 1 aromatic rings. The van der Waals surface area contributed by atoms with Gasteiger partial charge in [0.05, 0.1) is 16.4 Å². The Labute approximate surface area is 183 Å². The summed E-state index contributed by atoms with van der Waals surface area (Å²) in [4.78, 5) is 15.7. The summed E-state index contributed by atoms with van der Waals surface area (Å²) in [6, 6.07) is 7.46.